The van der Waals surface area contributed by atoms with E-state index in [1.54, 1.807) is 0 Å². The van der Waals surface area contributed by atoms with Crippen molar-refractivity contribution in [1.29, 1.82) is 0 Å². The van der Waals surface area contributed by atoms with E-state index in [4.69, 9.17) is 5.11 Å². The highest BCUT2D eigenvalue weighted by Crippen LogP contribution is 2.11. The number of carbonyl (C=O) groups is 3. The van der Waals surface area contributed by atoms with Gasteiger partial charge >= 0.3 is 5.97 Å². The zero-order valence-electron chi connectivity index (χ0n) is 9.33. The van der Waals surface area contributed by atoms with Gasteiger partial charge in [-0.3, -0.25) is 9.59 Å². The minimum atomic E-state index is -1.28. The molecule has 0 aliphatic rings. The van der Waals surface area contributed by atoms with E-state index in [0.717, 1.165) is 4.90 Å². The largest absolute Gasteiger partial charge is 0.480 e. The van der Waals surface area contributed by atoms with Crippen LogP contribution < -0.4 is 5.32 Å². The Labute approximate surface area is 88.2 Å². The summed E-state index contributed by atoms with van der Waals surface area (Å²) in [4.78, 5) is 33.9. The number of aliphatic carboxylic acids is 1. The highest BCUT2D eigenvalue weighted by Gasteiger charge is 2.34. The highest BCUT2D eigenvalue weighted by molar-refractivity contribution is 5.89. The molecular formula is C9H16N2O4. The van der Waals surface area contributed by atoms with Crippen LogP contribution in [0.2, 0.25) is 0 Å². The quantitative estimate of drug-likeness (QED) is 0.659. The third-order valence-corrected chi connectivity index (χ3v) is 2.22. The van der Waals surface area contributed by atoms with Gasteiger partial charge in [-0.25, -0.2) is 4.79 Å². The number of carboxylic acids is 1. The van der Waals surface area contributed by atoms with Gasteiger partial charge in [-0.2, -0.15) is 0 Å². The van der Waals surface area contributed by atoms with E-state index in [-0.39, 0.29) is 12.5 Å². The molecule has 15 heavy (non-hydrogen) atoms. The van der Waals surface area contributed by atoms with Gasteiger partial charge < -0.3 is 15.3 Å². The van der Waals surface area contributed by atoms with Crippen LogP contribution in [0.15, 0.2) is 0 Å². The molecule has 0 bridgehead atoms. The number of carboxylic acid groups (broad SMARTS) is 1. The summed E-state index contributed by atoms with van der Waals surface area (Å²) in [5.74, 6) is -1.87. The molecule has 0 fully saturated rings. The van der Waals surface area contributed by atoms with Gasteiger partial charge in [-0.1, -0.05) is 0 Å². The van der Waals surface area contributed by atoms with Gasteiger partial charge in [0.1, 0.15) is 5.54 Å². The molecule has 2 N–H and O–H groups in total. The van der Waals surface area contributed by atoms with Crippen molar-refractivity contribution in [1.82, 2.24) is 10.2 Å². The lowest BCUT2D eigenvalue weighted by molar-refractivity contribution is -0.155. The molecule has 0 heterocycles. The molecule has 6 nitrogen and oxygen atoms in total. The second kappa shape index (κ2) is 4.77. The van der Waals surface area contributed by atoms with Crippen LogP contribution in [0.3, 0.4) is 0 Å². The molecule has 0 aromatic rings. The van der Waals surface area contributed by atoms with E-state index in [2.05, 4.69) is 5.32 Å². The van der Waals surface area contributed by atoms with Crippen molar-refractivity contribution in [2.45, 2.75) is 26.3 Å². The van der Waals surface area contributed by atoms with Crippen LogP contribution in [0.5, 0.6) is 0 Å². The second-order valence-electron chi connectivity index (χ2n) is 3.73. The Morgan fingerprint density at radius 1 is 1.33 bits per heavy atom. The number of rotatable bonds is 4. The summed E-state index contributed by atoms with van der Waals surface area (Å²) < 4.78 is 0. The molecule has 86 valence electrons. The van der Waals surface area contributed by atoms with Crippen molar-refractivity contribution in [2.24, 2.45) is 0 Å². The standard InChI is InChI=1S/C9H16N2O4/c1-6(12)10-5-7(13)11(4)9(2,3)8(14)15/h5H2,1-4H3,(H,10,12)(H,14,15). The van der Waals surface area contributed by atoms with Crippen molar-refractivity contribution in [3.05, 3.63) is 0 Å². The van der Waals surface area contributed by atoms with Gasteiger partial charge in [0.2, 0.25) is 11.8 Å². The maximum atomic E-state index is 11.4. The molecular weight excluding hydrogens is 200 g/mol. The number of hydrogen-bond donors (Lipinski definition) is 2. The van der Waals surface area contributed by atoms with Crippen LogP contribution in [0.4, 0.5) is 0 Å². The third kappa shape index (κ3) is 3.57. The Morgan fingerprint density at radius 2 is 1.80 bits per heavy atom. The summed E-state index contributed by atoms with van der Waals surface area (Å²) >= 11 is 0. The fourth-order valence-electron chi connectivity index (χ4n) is 0.774. The molecule has 0 saturated heterocycles. The lowest BCUT2D eigenvalue weighted by Gasteiger charge is -2.31. The summed E-state index contributed by atoms with van der Waals surface area (Å²) in [6.45, 7) is 3.93. The van der Waals surface area contributed by atoms with E-state index in [1.807, 2.05) is 0 Å². The van der Waals surface area contributed by atoms with Crippen LogP contribution in [0.1, 0.15) is 20.8 Å². The zero-order chi connectivity index (χ0) is 12.2. The fraction of sp³-hybridized carbons (Fsp3) is 0.667. The van der Waals surface area contributed by atoms with E-state index in [1.165, 1.54) is 27.8 Å². The Hall–Kier alpha value is -1.59. The van der Waals surface area contributed by atoms with Crippen LogP contribution in [0.25, 0.3) is 0 Å². The molecule has 0 unspecified atom stereocenters. The van der Waals surface area contributed by atoms with Crippen molar-refractivity contribution in [3.63, 3.8) is 0 Å². The van der Waals surface area contributed by atoms with Crippen molar-refractivity contribution >= 4 is 17.8 Å². The van der Waals surface area contributed by atoms with E-state index in [9.17, 15) is 14.4 Å². The fourth-order valence-corrected chi connectivity index (χ4v) is 0.774. The average molecular weight is 216 g/mol. The van der Waals surface area contributed by atoms with Gasteiger partial charge in [-0.15, -0.1) is 0 Å². The molecule has 0 spiro atoms. The predicted molar refractivity (Wildman–Crippen MR) is 53.2 cm³/mol. The molecule has 0 aliphatic carbocycles. The highest BCUT2D eigenvalue weighted by atomic mass is 16.4. The van der Waals surface area contributed by atoms with Crippen molar-refractivity contribution in [2.75, 3.05) is 13.6 Å². The third-order valence-electron chi connectivity index (χ3n) is 2.22. The van der Waals surface area contributed by atoms with Gasteiger partial charge in [0.15, 0.2) is 0 Å². The maximum Gasteiger partial charge on any atom is 0.329 e. The Bertz CT molecular complexity index is 286. The van der Waals surface area contributed by atoms with E-state index >= 15 is 0 Å². The Morgan fingerprint density at radius 3 is 2.13 bits per heavy atom. The first-order valence-corrected chi connectivity index (χ1v) is 4.44. The normalized spacial score (nSPS) is 10.7. The molecule has 0 aliphatic heterocycles. The number of likely N-dealkylation sites (N-methyl/N-ethyl adjacent to an activating group) is 1. The van der Waals surface area contributed by atoms with Gasteiger partial charge in [0.25, 0.3) is 0 Å². The van der Waals surface area contributed by atoms with Gasteiger partial charge in [0.05, 0.1) is 6.54 Å². The lowest BCUT2D eigenvalue weighted by atomic mass is 10.0. The maximum absolute atomic E-state index is 11.4. The number of carbonyl (C=O) groups excluding carboxylic acids is 2. The SMILES string of the molecule is CC(=O)NCC(=O)N(C)C(C)(C)C(=O)O. The van der Waals surface area contributed by atoms with Crippen LogP contribution in [0, 0.1) is 0 Å². The van der Waals surface area contributed by atoms with Crippen molar-refractivity contribution < 1.29 is 19.5 Å². The molecule has 0 aromatic carbocycles. The molecule has 0 aromatic heterocycles. The molecule has 2 amide bonds. The van der Waals surface area contributed by atoms with Crippen LogP contribution >= 0.6 is 0 Å². The van der Waals surface area contributed by atoms with E-state index < -0.39 is 17.4 Å². The number of amides is 2. The first-order valence-electron chi connectivity index (χ1n) is 4.44. The van der Waals surface area contributed by atoms with Crippen LogP contribution in [-0.2, 0) is 14.4 Å². The summed E-state index contributed by atoms with van der Waals surface area (Å²) in [6.07, 6.45) is 0. The zero-order valence-corrected chi connectivity index (χ0v) is 9.33. The van der Waals surface area contributed by atoms with Crippen molar-refractivity contribution in [3.8, 4) is 0 Å². The molecule has 0 atom stereocenters. The average Bonchev–Trinajstić information content (AvgIpc) is 2.12. The predicted octanol–water partition coefficient (Wildman–Crippen LogP) is -0.556. The second-order valence-corrected chi connectivity index (χ2v) is 3.73. The van der Waals surface area contributed by atoms with Gasteiger partial charge in [-0.05, 0) is 13.8 Å². The first-order chi connectivity index (χ1) is 6.69. The van der Waals surface area contributed by atoms with Crippen LogP contribution in [-0.4, -0.2) is 46.9 Å². The molecule has 0 saturated carbocycles. The van der Waals surface area contributed by atoms with Gasteiger partial charge in [0, 0.05) is 14.0 Å². The smallest absolute Gasteiger partial charge is 0.329 e. The van der Waals surface area contributed by atoms with E-state index in [0.29, 0.717) is 0 Å². The summed E-state index contributed by atoms with van der Waals surface area (Å²) in [7, 11) is 1.39. The minimum Gasteiger partial charge on any atom is -0.480 e. The summed E-state index contributed by atoms with van der Waals surface area (Å²) in [5.41, 5.74) is -1.28. The summed E-state index contributed by atoms with van der Waals surface area (Å²) in [6, 6.07) is 0. The Kier molecular flexibility index (Phi) is 4.26. The number of nitrogens with zero attached hydrogens (tertiary/aromatic N) is 1. The number of hydrogen-bond acceptors (Lipinski definition) is 3. The first kappa shape index (κ1) is 13.4. The Balaban J connectivity index is 4.44. The topological polar surface area (TPSA) is 86.7 Å². The lowest BCUT2D eigenvalue weighted by Crippen LogP contribution is -2.53. The minimum absolute atomic E-state index is 0.192. The summed E-state index contributed by atoms with van der Waals surface area (Å²) in [5, 5.41) is 11.2. The number of nitrogens with one attached hydrogen (secondary N) is 1. The molecule has 0 radical (unpaired) electrons. The molecule has 6 heteroatoms. The molecule has 0 rings (SSSR count). The monoisotopic (exact) mass is 216 g/mol.